The molecule has 0 spiro atoms. The summed E-state index contributed by atoms with van der Waals surface area (Å²) in [6.45, 7) is 6.46. The molecule has 3 rings (SSSR count). The lowest BCUT2D eigenvalue weighted by Gasteiger charge is -2.19. The highest BCUT2D eigenvalue weighted by Gasteiger charge is 2.20. The Hall–Kier alpha value is -2.63. The lowest BCUT2D eigenvalue weighted by molar-refractivity contribution is 0.0525. The standard InChI is InChI=1S/C19H23N3O3/c1-19(2,3)25-18(24)20-8-9-22-12-15(11-21-22)14-5-4-13-6-7-17(23)16(13)10-14/h4-5,10-12H,6-9H2,1-3H3,(H,20,24). The summed E-state index contributed by atoms with van der Waals surface area (Å²) < 4.78 is 6.96. The summed E-state index contributed by atoms with van der Waals surface area (Å²) in [5.74, 6) is 0.214. The number of ether oxygens (including phenoxy) is 1. The number of benzene rings is 1. The molecule has 1 aliphatic rings. The van der Waals surface area contributed by atoms with E-state index in [1.807, 2.05) is 45.2 Å². The van der Waals surface area contributed by atoms with E-state index in [-0.39, 0.29) is 5.78 Å². The van der Waals surface area contributed by atoms with Crippen molar-refractivity contribution in [3.8, 4) is 11.1 Å². The summed E-state index contributed by atoms with van der Waals surface area (Å²) >= 11 is 0. The van der Waals surface area contributed by atoms with E-state index >= 15 is 0 Å². The zero-order valence-corrected chi connectivity index (χ0v) is 14.8. The largest absolute Gasteiger partial charge is 0.444 e. The van der Waals surface area contributed by atoms with Gasteiger partial charge in [-0.2, -0.15) is 5.10 Å². The average Bonchev–Trinajstić information content (AvgIpc) is 3.13. The SMILES string of the molecule is CC(C)(C)OC(=O)NCCn1cc(-c2ccc3c(c2)C(=O)CC3)cn1. The molecule has 1 aliphatic carbocycles. The first-order chi connectivity index (χ1) is 11.8. The summed E-state index contributed by atoms with van der Waals surface area (Å²) in [5, 5.41) is 7.03. The second kappa shape index (κ2) is 6.70. The van der Waals surface area contributed by atoms with Gasteiger partial charge in [0.05, 0.1) is 12.7 Å². The van der Waals surface area contributed by atoms with Crippen molar-refractivity contribution in [3.63, 3.8) is 0 Å². The minimum absolute atomic E-state index is 0.214. The highest BCUT2D eigenvalue weighted by Crippen LogP contribution is 2.27. The molecule has 0 fully saturated rings. The molecular formula is C19H23N3O3. The number of carbonyl (C=O) groups is 2. The Morgan fingerprint density at radius 2 is 2.08 bits per heavy atom. The van der Waals surface area contributed by atoms with Gasteiger partial charge >= 0.3 is 6.09 Å². The van der Waals surface area contributed by atoms with Crippen LogP contribution < -0.4 is 5.32 Å². The lowest BCUT2D eigenvalue weighted by Crippen LogP contribution is -2.34. The number of hydrogen-bond acceptors (Lipinski definition) is 4. The number of carbonyl (C=O) groups excluding carboxylic acids is 2. The first-order valence-corrected chi connectivity index (χ1v) is 8.48. The van der Waals surface area contributed by atoms with Gasteiger partial charge in [-0.05, 0) is 44.4 Å². The predicted molar refractivity (Wildman–Crippen MR) is 94.6 cm³/mol. The van der Waals surface area contributed by atoms with E-state index in [9.17, 15) is 9.59 Å². The van der Waals surface area contributed by atoms with Crippen molar-refractivity contribution in [2.45, 2.75) is 45.8 Å². The van der Waals surface area contributed by atoms with E-state index in [2.05, 4.69) is 10.4 Å². The number of fused-ring (bicyclic) bond motifs is 1. The zero-order valence-electron chi connectivity index (χ0n) is 14.8. The molecule has 1 heterocycles. The lowest BCUT2D eigenvalue weighted by atomic mass is 10.0. The molecule has 1 N–H and O–H groups in total. The molecule has 0 saturated heterocycles. The maximum absolute atomic E-state index is 11.9. The maximum atomic E-state index is 11.9. The van der Waals surface area contributed by atoms with Crippen molar-refractivity contribution >= 4 is 11.9 Å². The van der Waals surface area contributed by atoms with Crippen LogP contribution in [0.25, 0.3) is 11.1 Å². The number of nitrogens with one attached hydrogen (secondary N) is 1. The Morgan fingerprint density at radius 3 is 2.84 bits per heavy atom. The van der Waals surface area contributed by atoms with Crippen LogP contribution in [0.15, 0.2) is 30.6 Å². The average molecular weight is 341 g/mol. The van der Waals surface area contributed by atoms with Gasteiger partial charge in [0, 0.05) is 30.3 Å². The fourth-order valence-electron chi connectivity index (χ4n) is 2.84. The van der Waals surface area contributed by atoms with Gasteiger partial charge in [-0.15, -0.1) is 0 Å². The molecule has 0 bridgehead atoms. The molecule has 0 aliphatic heterocycles. The molecule has 6 heteroatoms. The van der Waals surface area contributed by atoms with Crippen molar-refractivity contribution in [1.29, 1.82) is 0 Å². The van der Waals surface area contributed by atoms with Crippen LogP contribution in [0, 0.1) is 0 Å². The molecule has 1 amide bonds. The Bertz CT molecular complexity index is 802. The second-order valence-corrected chi connectivity index (χ2v) is 7.22. The maximum Gasteiger partial charge on any atom is 0.407 e. The van der Waals surface area contributed by atoms with E-state index in [1.54, 1.807) is 10.9 Å². The van der Waals surface area contributed by atoms with Gasteiger partial charge in [0.25, 0.3) is 0 Å². The van der Waals surface area contributed by atoms with Gasteiger partial charge in [-0.3, -0.25) is 9.48 Å². The van der Waals surface area contributed by atoms with Gasteiger partial charge in [0.15, 0.2) is 5.78 Å². The third kappa shape index (κ3) is 4.26. The fourth-order valence-corrected chi connectivity index (χ4v) is 2.84. The molecular weight excluding hydrogens is 318 g/mol. The van der Waals surface area contributed by atoms with Crippen LogP contribution in [0.3, 0.4) is 0 Å². The molecule has 2 aromatic rings. The zero-order chi connectivity index (χ0) is 18.0. The monoisotopic (exact) mass is 341 g/mol. The van der Waals surface area contributed by atoms with Crippen molar-refractivity contribution in [2.75, 3.05) is 6.54 Å². The molecule has 1 aromatic heterocycles. The molecule has 25 heavy (non-hydrogen) atoms. The highest BCUT2D eigenvalue weighted by atomic mass is 16.6. The summed E-state index contributed by atoms with van der Waals surface area (Å²) in [7, 11) is 0. The van der Waals surface area contributed by atoms with Gasteiger partial charge < -0.3 is 10.1 Å². The van der Waals surface area contributed by atoms with Crippen LogP contribution >= 0.6 is 0 Å². The Balaban J connectivity index is 1.59. The van der Waals surface area contributed by atoms with Gasteiger partial charge in [0.1, 0.15) is 5.60 Å². The highest BCUT2D eigenvalue weighted by molar-refractivity contribution is 6.01. The summed E-state index contributed by atoms with van der Waals surface area (Å²) in [4.78, 5) is 23.5. The minimum atomic E-state index is -0.506. The first-order valence-electron chi connectivity index (χ1n) is 8.48. The van der Waals surface area contributed by atoms with Crippen molar-refractivity contribution < 1.29 is 14.3 Å². The van der Waals surface area contributed by atoms with Crippen molar-refractivity contribution in [1.82, 2.24) is 15.1 Å². The number of Topliss-reactive ketones (excluding diaryl/α,β-unsaturated/α-hetero) is 1. The third-order valence-corrected chi connectivity index (χ3v) is 4.01. The number of rotatable bonds is 4. The summed E-state index contributed by atoms with van der Waals surface area (Å²) in [5.41, 5.74) is 3.40. The first kappa shape index (κ1) is 17.2. The van der Waals surface area contributed by atoms with Crippen molar-refractivity contribution in [3.05, 3.63) is 41.7 Å². The fraction of sp³-hybridized carbons (Fsp3) is 0.421. The molecule has 6 nitrogen and oxygen atoms in total. The van der Waals surface area contributed by atoms with E-state index in [0.29, 0.717) is 19.5 Å². The molecule has 1 aromatic carbocycles. The molecule has 0 unspecified atom stereocenters. The van der Waals surface area contributed by atoms with Crippen LogP contribution in [0.2, 0.25) is 0 Å². The number of ketones is 1. The third-order valence-electron chi connectivity index (χ3n) is 4.01. The minimum Gasteiger partial charge on any atom is -0.444 e. The number of nitrogens with zero attached hydrogens (tertiary/aromatic N) is 2. The van der Waals surface area contributed by atoms with Crippen LogP contribution in [-0.2, 0) is 17.7 Å². The van der Waals surface area contributed by atoms with Gasteiger partial charge in [0.2, 0.25) is 0 Å². The number of hydrogen-bond donors (Lipinski definition) is 1. The van der Waals surface area contributed by atoms with Crippen molar-refractivity contribution in [2.24, 2.45) is 0 Å². The number of aromatic nitrogens is 2. The molecule has 0 radical (unpaired) electrons. The topological polar surface area (TPSA) is 73.2 Å². The normalized spacial score (nSPS) is 13.6. The summed E-state index contributed by atoms with van der Waals surface area (Å²) in [6, 6.07) is 6.00. The molecule has 0 saturated carbocycles. The van der Waals surface area contributed by atoms with Gasteiger partial charge in [-0.25, -0.2) is 4.79 Å². The smallest absolute Gasteiger partial charge is 0.407 e. The van der Waals surface area contributed by atoms with E-state index in [1.165, 1.54) is 0 Å². The Morgan fingerprint density at radius 1 is 1.28 bits per heavy atom. The van der Waals surface area contributed by atoms with E-state index < -0.39 is 11.7 Å². The Labute approximate surface area is 147 Å². The Kier molecular flexibility index (Phi) is 4.61. The molecule has 132 valence electrons. The number of amides is 1. The van der Waals surface area contributed by atoms with Crippen LogP contribution in [0.5, 0.6) is 0 Å². The second-order valence-electron chi connectivity index (χ2n) is 7.22. The predicted octanol–water partition coefficient (Wildman–Crippen LogP) is 3.20. The molecule has 0 atom stereocenters. The van der Waals surface area contributed by atoms with Crippen LogP contribution in [-0.4, -0.2) is 33.8 Å². The van der Waals surface area contributed by atoms with E-state index in [4.69, 9.17) is 4.74 Å². The number of alkyl carbamates (subject to hydrolysis) is 1. The quantitative estimate of drug-likeness (QED) is 0.927. The van der Waals surface area contributed by atoms with E-state index in [0.717, 1.165) is 28.7 Å². The number of aryl methyl sites for hydroxylation is 1. The summed E-state index contributed by atoms with van der Waals surface area (Å²) in [6.07, 6.45) is 4.70. The van der Waals surface area contributed by atoms with Gasteiger partial charge in [-0.1, -0.05) is 12.1 Å². The van der Waals surface area contributed by atoms with Crippen LogP contribution in [0.1, 0.15) is 43.1 Å². The van der Waals surface area contributed by atoms with Crippen LogP contribution in [0.4, 0.5) is 4.79 Å².